The predicted octanol–water partition coefficient (Wildman–Crippen LogP) is 2.80. The van der Waals surface area contributed by atoms with Gasteiger partial charge in [0.15, 0.2) is 0 Å². The van der Waals surface area contributed by atoms with Crippen molar-refractivity contribution in [1.82, 2.24) is 4.98 Å². The molecule has 2 atom stereocenters. The van der Waals surface area contributed by atoms with E-state index in [1.54, 1.807) is 18.3 Å². The molecule has 0 saturated heterocycles. The van der Waals surface area contributed by atoms with Crippen LogP contribution in [0.4, 0.5) is 5.82 Å². The first-order valence-electron chi connectivity index (χ1n) is 5.88. The molecular weight excluding hydrogens is 198 g/mol. The maximum absolute atomic E-state index is 8.77. The maximum Gasteiger partial charge on any atom is 0.127 e. The predicted molar refractivity (Wildman–Crippen MR) is 63.9 cm³/mol. The second kappa shape index (κ2) is 4.98. The van der Waals surface area contributed by atoms with E-state index in [-0.39, 0.29) is 0 Å². The quantitative estimate of drug-likeness (QED) is 0.843. The fourth-order valence-corrected chi connectivity index (χ4v) is 2.36. The molecule has 0 amide bonds. The summed E-state index contributed by atoms with van der Waals surface area (Å²) in [4.78, 5) is 4.21. The Hall–Kier alpha value is -1.56. The molecule has 1 aromatic heterocycles. The van der Waals surface area contributed by atoms with Crippen LogP contribution in [0.3, 0.4) is 0 Å². The summed E-state index contributed by atoms with van der Waals surface area (Å²) in [6, 6.07) is 5.65. The molecule has 1 aromatic rings. The highest BCUT2D eigenvalue weighted by Gasteiger charge is 2.20. The van der Waals surface area contributed by atoms with Crippen molar-refractivity contribution in [2.75, 3.05) is 11.9 Å². The van der Waals surface area contributed by atoms with Gasteiger partial charge in [-0.1, -0.05) is 13.3 Å². The van der Waals surface area contributed by atoms with Crippen LogP contribution in [-0.4, -0.2) is 11.5 Å². The lowest BCUT2D eigenvalue weighted by Gasteiger charge is -2.11. The van der Waals surface area contributed by atoms with E-state index in [1.165, 1.54) is 19.3 Å². The van der Waals surface area contributed by atoms with Crippen LogP contribution in [-0.2, 0) is 0 Å². The average molecular weight is 215 g/mol. The Kier molecular flexibility index (Phi) is 3.40. The van der Waals surface area contributed by atoms with Crippen LogP contribution in [0.5, 0.6) is 0 Å². The minimum Gasteiger partial charge on any atom is -0.370 e. The molecule has 1 fully saturated rings. The summed E-state index contributed by atoms with van der Waals surface area (Å²) in [6.45, 7) is 3.29. The van der Waals surface area contributed by atoms with Crippen molar-refractivity contribution in [3.05, 3.63) is 23.9 Å². The number of nitriles is 1. The second-order valence-electron chi connectivity index (χ2n) is 4.71. The van der Waals surface area contributed by atoms with Gasteiger partial charge < -0.3 is 5.32 Å². The van der Waals surface area contributed by atoms with Gasteiger partial charge in [-0.05, 0) is 36.8 Å². The largest absolute Gasteiger partial charge is 0.370 e. The van der Waals surface area contributed by atoms with Gasteiger partial charge in [-0.3, -0.25) is 0 Å². The fourth-order valence-electron chi connectivity index (χ4n) is 2.36. The molecule has 84 valence electrons. The Morgan fingerprint density at radius 3 is 3.12 bits per heavy atom. The molecule has 16 heavy (non-hydrogen) atoms. The minimum absolute atomic E-state index is 0.664. The van der Waals surface area contributed by atoms with E-state index in [0.717, 1.165) is 24.2 Å². The number of nitrogens with one attached hydrogen (secondary N) is 1. The molecular formula is C13H17N3. The lowest BCUT2D eigenvalue weighted by atomic mass is 10.1. The Morgan fingerprint density at radius 2 is 2.44 bits per heavy atom. The lowest BCUT2D eigenvalue weighted by molar-refractivity contribution is 0.536. The van der Waals surface area contributed by atoms with Crippen molar-refractivity contribution in [3.8, 4) is 6.07 Å². The third-order valence-corrected chi connectivity index (χ3v) is 3.26. The van der Waals surface area contributed by atoms with E-state index < -0.39 is 0 Å². The van der Waals surface area contributed by atoms with Gasteiger partial charge in [-0.15, -0.1) is 0 Å². The Morgan fingerprint density at radius 1 is 1.56 bits per heavy atom. The average Bonchev–Trinajstić information content (AvgIpc) is 2.73. The highest BCUT2D eigenvalue weighted by atomic mass is 15.0. The van der Waals surface area contributed by atoms with Crippen LogP contribution in [0.2, 0.25) is 0 Å². The molecule has 3 heteroatoms. The first-order valence-corrected chi connectivity index (χ1v) is 5.88. The van der Waals surface area contributed by atoms with Gasteiger partial charge in [0, 0.05) is 12.7 Å². The van der Waals surface area contributed by atoms with Gasteiger partial charge in [0.2, 0.25) is 0 Å². The number of pyridine rings is 1. The third kappa shape index (κ3) is 2.73. The summed E-state index contributed by atoms with van der Waals surface area (Å²) in [5.74, 6) is 2.45. The molecule has 0 aliphatic heterocycles. The minimum atomic E-state index is 0.664. The third-order valence-electron chi connectivity index (χ3n) is 3.26. The molecule has 0 radical (unpaired) electrons. The van der Waals surface area contributed by atoms with Crippen molar-refractivity contribution in [3.63, 3.8) is 0 Å². The number of nitrogens with zero attached hydrogens (tertiary/aromatic N) is 2. The van der Waals surface area contributed by atoms with E-state index in [4.69, 9.17) is 5.26 Å². The summed E-state index contributed by atoms with van der Waals surface area (Å²) in [6.07, 6.45) is 5.65. The topological polar surface area (TPSA) is 48.7 Å². The zero-order valence-corrected chi connectivity index (χ0v) is 9.61. The number of anilines is 1. The van der Waals surface area contributed by atoms with E-state index in [9.17, 15) is 0 Å². The van der Waals surface area contributed by atoms with Crippen molar-refractivity contribution >= 4 is 5.82 Å². The monoisotopic (exact) mass is 215 g/mol. The summed E-state index contributed by atoms with van der Waals surface area (Å²) < 4.78 is 0. The number of rotatable bonds is 3. The van der Waals surface area contributed by atoms with E-state index in [0.29, 0.717) is 5.56 Å². The van der Waals surface area contributed by atoms with Crippen LogP contribution >= 0.6 is 0 Å². The van der Waals surface area contributed by atoms with Crippen LogP contribution in [0.15, 0.2) is 18.3 Å². The van der Waals surface area contributed by atoms with Crippen LogP contribution in [0.1, 0.15) is 31.7 Å². The molecule has 1 N–H and O–H groups in total. The smallest absolute Gasteiger partial charge is 0.127 e. The van der Waals surface area contributed by atoms with Crippen molar-refractivity contribution in [1.29, 1.82) is 5.26 Å². The normalized spacial score (nSPS) is 24.0. The number of hydrogen-bond donors (Lipinski definition) is 1. The Labute approximate surface area is 96.5 Å². The van der Waals surface area contributed by atoms with E-state index >= 15 is 0 Å². The van der Waals surface area contributed by atoms with Crippen LogP contribution in [0, 0.1) is 23.2 Å². The van der Waals surface area contributed by atoms with Gasteiger partial charge in [-0.25, -0.2) is 4.98 Å². The highest BCUT2D eigenvalue weighted by Crippen LogP contribution is 2.30. The van der Waals surface area contributed by atoms with Gasteiger partial charge in [0.05, 0.1) is 11.6 Å². The molecule has 2 rings (SSSR count). The van der Waals surface area contributed by atoms with Crippen molar-refractivity contribution in [2.45, 2.75) is 26.2 Å². The molecule has 1 aliphatic rings. The molecule has 3 nitrogen and oxygen atoms in total. The number of aromatic nitrogens is 1. The van der Waals surface area contributed by atoms with Gasteiger partial charge >= 0.3 is 0 Å². The summed E-state index contributed by atoms with van der Waals surface area (Å²) in [5.41, 5.74) is 0.664. The van der Waals surface area contributed by atoms with Gasteiger partial charge in [-0.2, -0.15) is 5.26 Å². The summed E-state index contributed by atoms with van der Waals surface area (Å²) in [5, 5.41) is 12.1. The summed E-state index contributed by atoms with van der Waals surface area (Å²) in [7, 11) is 0. The lowest BCUT2D eigenvalue weighted by Crippen LogP contribution is -2.12. The molecule has 1 heterocycles. The van der Waals surface area contributed by atoms with Gasteiger partial charge in [0.1, 0.15) is 5.82 Å². The van der Waals surface area contributed by atoms with Crippen molar-refractivity contribution < 1.29 is 0 Å². The van der Waals surface area contributed by atoms with Crippen LogP contribution < -0.4 is 5.32 Å². The van der Waals surface area contributed by atoms with Gasteiger partial charge in [0.25, 0.3) is 0 Å². The SMILES string of the molecule is CC1CCC(CNc2cc(C#N)ccn2)C1. The first kappa shape index (κ1) is 10.9. The molecule has 0 aromatic carbocycles. The van der Waals surface area contributed by atoms with E-state index in [1.807, 2.05) is 0 Å². The number of hydrogen-bond acceptors (Lipinski definition) is 3. The molecule has 0 spiro atoms. The zero-order chi connectivity index (χ0) is 11.4. The Bertz CT molecular complexity index is 394. The highest BCUT2D eigenvalue weighted by molar-refractivity contribution is 5.42. The maximum atomic E-state index is 8.77. The zero-order valence-electron chi connectivity index (χ0n) is 9.61. The molecule has 0 bridgehead atoms. The van der Waals surface area contributed by atoms with Crippen LogP contribution in [0.25, 0.3) is 0 Å². The summed E-state index contributed by atoms with van der Waals surface area (Å²) >= 11 is 0. The van der Waals surface area contributed by atoms with E-state index in [2.05, 4.69) is 23.3 Å². The fraction of sp³-hybridized carbons (Fsp3) is 0.538. The second-order valence-corrected chi connectivity index (χ2v) is 4.71. The molecule has 1 saturated carbocycles. The molecule has 1 aliphatic carbocycles. The molecule has 2 unspecified atom stereocenters. The Balaban J connectivity index is 1.87. The first-order chi connectivity index (χ1) is 7.78. The standard InChI is InChI=1S/C13H17N3/c1-10-2-3-12(6-10)9-16-13-7-11(8-14)4-5-15-13/h4-5,7,10,12H,2-3,6,9H2,1H3,(H,15,16). The van der Waals surface area contributed by atoms with Crippen molar-refractivity contribution in [2.24, 2.45) is 11.8 Å².